The monoisotopic (exact) mass is 448 g/mol. The van der Waals surface area contributed by atoms with Gasteiger partial charge >= 0.3 is 0 Å². The van der Waals surface area contributed by atoms with Crippen LogP contribution in [0.4, 0.5) is 0 Å². The van der Waals surface area contributed by atoms with Crippen LogP contribution >= 0.6 is 34.2 Å². The lowest BCUT2D eigenvalue weighted by Crippen LogP contribution is -2.51. The van der Waals surface area contributed by atoms with Crippen LogP contribution in [-0.2, 0) is 4.79 Å². The Morgan fingerprint density at radius 3 is 2.35 bits per heavy atom. The molecule has 0 atom stereocenters. The first-order valence-corrected chi connectivity index (χ1v) is 9.08. The Morgan fingerprint density at radius 1 is 1.17 bits per heavy atom. The average molecular weight is 449 g/mol. The Kier molecular flexibility index (Phi) is 5.01. The van der Waals surface area contributed by atoms with Crippen LogP contribution < -0.4 is 4.74 Å². The Bertz CT molecular complexity index is 640. The number of piperazine rings is 1. The molecule has 3 rings (SSSR count). The zero-order valence-electron chi connectivity index (χ0n) is 12.8. The molecule has 0 N–H and O–H groups in total. The Labute approximate surface area is 154 Å². The van der Waals surface area contributed by atoms with E-state index in [1.807, 2.05) is 4.90 Å². The van der Waals surface area contributed by atoms with Crippen LogP contribution in [0.5, 0.6) is 5.75 Å². The number of nitrogens with zero attached hydrogens (tertiary/aromatic N) is 2. The van der Waals surface area contributed by atoms with Gasteiger partial charge in [-0.3, -0.25) is 9.59 Å². The average Bonchev–Trinajstić information content (AvgIpc) is 3.40. The van der Waals surface area contributed by atoms with E-state index in [1.165, 1.54) is 0 Å². The number of halogens is 2. The Hall–Kier alpha value is -1.02. The van der Waals surface area contributed by atoms with Gasteiger partial charge in [-0.25, -0.2) is 0 Å². The number of hydrogen-bond acceptors (Lipinski definition) is 3. The lowest BCUT2D eigenvalue weighted by Gasteiger charge is -2.35. The van der Waals surface area contributed by atoms with Gasteiger partial charge in [-0.2, -0.15) is 0 Å². The summed E-state index contributed by atoms with van der Waals surface area (Å²) in [6.07, 6.45) is 2.02. The van der Waals surface area contributed by atoms with Gasteiger partial charge in [-0.1, -0.05) is 11.6 Å². The molecule has 1 saturated carbocycles. The standard InChI is InChI=1S/C16H18ClIN2O3/c1-23-14-9-13(18)12(17)8-11(14)16(22)20-6-4-19(5-7-20)15(21)10-2-3-10/h8-10H,2-7H2,1H3. The van der Waals surface area contributed by atoms with Crippen molar-refractivity contribution in [3.8, 4) is 5.75 Å². The largest absolute Gasteiger partial charge is 0.496 e. The zero-order chi connectivity index (χ0) is 16.6. The first-order chi connectivity index (χ1) is 11.0. The van der Waals surface area contributed by atoms with Crippen molar-refractivity contribution in [2.75, 3.05) is 33.3 Å². The van der Waals surface area contributed by atoms with Crippen molar-refractivity contribution < 1.29 is 14.3 Å². The van der Waals surface area contributed by atoms with Crippen LogP contribution in [0.15, 0.2) is 12.1 Å². The molecule has 5 nitrogen and oxygen atoms in total. The summed E-state index contributed by atoms with van der Waals surface area (Å²) in [5, 5.41) is 0.539. The molecule has 2 amide bonds. The molecule has 23 heavy (non-hydrogen) atoms. The van der Waals surface area contributed by atoms with E-state index in [2.05, 4.69) is 22.6 Å². The molecule has 1 aliphatic carbocycles. The number of carbonyl (C=O) groups excluding carboxylic acids is 2. The third-order valence-corrected chi connectivity index (χ3v) is 5.80. The fourth-order valence-electron chi connectivity index (χ4n) is 2.75. The Balaban J connectivity index is 1.69. The molecule has 1 saturated heterocycles. The highest BCUT2D eigenvalue weighted by molar-refractivity contribution is 14.1. The van der Waals surface area contributed by atoms with Crippen molar-refractivity contribution in [1.29, 1.82) is 0 Å². The van der Waals surface area contributed by atoms with E-state index in [1.54, 1.807) is 24.1 Å². The van der Waals surface area contributed by atoms with E-state index in [4.69, 9.17) is 16.3 Å². The van der Waals surface area contributed by atoms with Gasteiger partial charge in [-0.05, 0) is 47.6 Å². The van der Waals surface area contributed by atoms with Gasteiger partial charge in [0.15, 0.2) is 0 Å². The molecule has 1 aliphatic heterocycles. The van der Waals surface area contributed by atoms with Crippen LogP contribution in [-0.4, -0.2) is 54.9 Å². The lowest BCUT2D eigenvalue weighted by molar-refractivity contribution is -0.134. The van der Waals surface area contributed by atoms with E-state index >= 15 is 0 Å². The van der Waals surface area contributed by atoms with E-state index < -0.39 is 0 Å². The van der Waals surface area contributed by atoms with Gasteiger partial charge in [0, 0.05) is 35.7 Å². The first-order valence-electron chi connectivity index (χ1n) is 7.62. The molecule has 0 aromatic heterocycles. The number of amides is 2. The lowest BCUT2D eigenvalue weighted by atomic mass is 10.1. The molecule has 1 heterocycles. The van der Waals surface area contributed by atoms with Crippen molar-refractivity contribution >= 4 is 46.0 Å². The van der Waals surface area contributed by atoms with Gasteiger partial charge in [0.2, 0.25) is 5.91 Å². The molecule has 0 spiro atoms. The molecule has 2 aliphatic rings. The maximum atomic E-state index is 12.7. The number of ether oxygens (including phenoxy) is 1. The summed E-state index contributed by atoms with van der Waals surface area (Å²) in [4.78, 5) is 28.5. The van der Waals surface area contributed by atoms with Crippen LogP contribution in [0, 0.1) is 9.49 Å². The second-order valence-corrected chi connectivity index (χ2v) is 7.43. The van der Waals surface area contributed by atoms with Crippen molar-refractivity contribution in [2.45, 2.75) is 12.8 Å². The quantitative estimate of drug-likeness (QED) is 0.668. The fraction of sp³-hybridized carbons (Fsp3) is 0.500. The molecule has 0 radical (unpaired) electrons. The highest BCUT2D eigenvalue weighted by Crippen LogP contribution is 2.32. The molecular weight excluding hydrogens is 431 g/mol. The van der Waals surface area contributed by atoms with E-state index in [0.29, 0.717) is 42.5 Å². The number of benzene rings is 1. The summed E-state index contributed by atoms with van der Waals surface area (Å²) in [5.74, 6) is 0.901. The predicted molar refractivity (Wildman–Crippen MR) is 95.9 cm³/mol. The van der Waals surface area contributed by atoms with Crippen molar-refractivity contribution in [2.24, 2.45) is 5.92 Å². The fourth-order valence-corrected chi connectivity index (χ4v) is 3.36. The van der Waals surface area contributed by atoms with E-state index in [-0.39, 0.29) is 17.7 Å². The molecule has 2 fully saturated rings. The zero-order valence-corrected chi connectivity index (χ0v) is 15.8. The molecule has 1 aromatic rings. The van der Waals surface area contributed by atoms with Gasteiger partial charge < -0.3 is 14.5 Å². The minimum atomic E-state index is -0.0985. The van der Waals surface area contributed by atoms with Crippen molar-refractivity contribution in [1.82, 2.24) is 9.80 Å². The van der Waals surface area contributed by atoms with Crippen LogP contribution in [0.25, 0.3) is 0 Å². The summed E-state index contributed by atoms with van der Waals surface area (Å²) in [7, 11) is 1.54. The van der Waals surface area contributed by atoms with Crippen molar-refractivity contribution in [3.63, 3.8) is 0 Å². The van der Waals surface area contributed by atoms with Gasteiger partial charge in [0.05, 0.1) is 17.7 Å². The van der Waals surface area contributed by atoms with E-state index in [0.717, 1.165) is 16.4 Å². The molecular formula is C16H18ClIN2O3. The molecule has 7 heteroatoms. The summed E-state index contributed by atoms with van der Waals surface area (Å²) in [5.41, 5.74) is 0.472. The normalized spacial score (nSPS) is 18.0. The maximum Gasteiger partial charge on any atom is 0.257 e. The minimum absolute atomic E-state index is 0.0985. The van der Waals surface area contributed by atoms with Gasteiger partial charge in [-0.15, -0.1) is 0 Å². The second kappa shape index (κ2) is 6.84. The number of rotatable bonds is 3. The molecule has 0 bridgehead atoms. The highest BCUT2D eigenvalue weighted by Gasteiger charge is 2.35. The second-order valence-electron chi connectivity index (χ2n) is 5.86. The SMILES string of the molecule is COc1cc(I)c(Cl)cc1C(=O)N1CCN(C(=O)C2CC2)CC1. The smallest absolute Gasteiger partial charge is 0.257 e. The Morgan fingerprint density at radius 2 is 1.78 bits per heavy atom. The summed E-state index contributed by atoms with van der Waals surface area (Å²) >= 11 is 8.25. The predicted octanol–water partition coefficient (Wildman–Crippen LogP) is 2.65. The summed E-state index contributed by atoms with van der Waals surface area (Å²) in [6.45, 7) is 2.29. The van der Waals surface area contributed by atoms with Gasteiger partial charge in [0.1, 0.15) is 5.75 Å². The molecule has 1 aromatic carbocycles. The van der Waals surface area contributed by atoms with Crippen LogP contribution in [0.2, 0.25) is 5.02 Å². The van der Waals surface area contributed by atoms with Crippen LogP contribution in [0.1, 0.15) is 23.2 Å². The number of methoxy groups -OCH3 is 1. The number of carbonyl (C=O) groups is 2. The third kappa shape index (κ3) is 3.57. The van der Waals surface area contributed by atoms with Gasteiger partial charge in [0.25, 0.3) is 5.91 Å². The first kappa shape index (κ1) is 16.8. The topological polar surface area (TPSA) is 49.9 Å². The van der Waals surface area contributed by atoms with E-state index in [9.17, 15) is 9.59 Å². The maximum absolute atomic E-state index is 12.7. The van der Waals surface area contributed by atoms with Crippen molar-refractivity contribution in [3.05, 3.63) is 26.3 Å². The summed E-state index contributed by atoms with van der Waals surface area (Å²) < 4.78 is 6.16. The summed E-state index contributed by atoms with van der Waals surface area (Å²) in [6, 6.07) is 3.43. The third-order valence-electron chi connectivity index (χ3n) is 4.28. The molecule has 0 unspecified atom stereocenters. The number of hydrogen-bond donors (Lipinski definition) is 0. The van der Waals surface area contributed by atoms with Crippen LogP contribution in [0.3, 0.4) is 0 Å². The minimum Gasteiger partial charge on any atom is -0.496 e. The highest BCUT2D eigenvalue weighted by atomic mass is 127. The molecule has 124 valence electrons.